The van der Waals surface area contributed by atoms with Crippen molar-refractivity contribution in [1.82, 2.24) is 24.8 Å². The maximum atomic E-state index is 11.9. The van der Waals surface area contributed by atoms with Gasteiger partial charge in [-0.15, -0.1) is 0 Å². The van der Waals surface area contributed by atoms with Crippen LogP contribution in [0.1, 0.15) is 12.6 Å². The molecule has 3 aromatic heterocycles. The highest BCUT2D eigenvalue weighted by molar-refractivity contribution is 7.22. The van der Waals surface area contributed by atoms with Gasteiger partial charge in [-0.1, -0.05) is 17.4 Å². The molecule has 4 aromatic rings. The molecule has 0 saturated carbocycles. The topological polar surface area (TPSA) is 84.7 Å². The first-order valence-electron chi connectivity index (χ1n) is 8.56. The summed E-state index contributed by atoms with van der Waals surface area (Å²) in [7, 11) is 0. The average molecular weight is 378 g/mol. The number of imidazole rings is 1. The number of thiazole rings is 1. The first-order chi connectivity index (χ1) is 13.1. The first kappa shape index (κ1) is 17.2. The lowest BCUT2D eigenvalue weighted by atomic mass is 10.1. The minimum absolute atomic E-state index is 0.263. The maximum Gasteiger partial charge on any atom is 0.321 e. The smallest absolute Gasteiger partial charge is 0.321 e. The van der Waals surface area contributed by atoms with Gasteiger partial charge < -0.3 is 9.88 Å². The lowest BCUT2D eigenvalue weighted by Crippen LogP contribution is -2.28. The van der Waals surface area contributed by atoms with E-state index in [1.807, 2.05) is 48.9 Å². The Bertz CT molecular complexity index is 1100. The zero-order valence-corrected chi connectivity index (χ0v) is 15.7. The van der Waals surface area contributed by atoms with Crippen molar-refractivity contribution in [2.75, 3.05) is 11.9 Å². The molecule has 0 saturated heterocycles. The molecule has 2 N–H and O–H groups in total. The molecule has 0 spiro atoms. The predicted octanol–water partition coefficient (Wildman–Crippen LogP) is 3.99. The Kier molecular flexibility index (Phi) is 4.55. The van der Waals surface area contributed by atoms with Gasteiger partial charge in [0.15, 0.2) is 5.13 Å². The molecule has 7 nitrogen and oxygen atoms in total. The highest BCUT2D eigenvalue weighted by Gasteiger charge is 2.15. The molecule has 2 amide bonds. The molecule has 27 heavy (non-hydrogen) atoms. The fraction of sp³-hybridized carbons (Fsp3) is 0.158. The Morgan fingerprint density at radius 1 is 1.26 bits per heavy atom. The van der Waals surface area contributed by atoms with Crippen LogP contribution in [0.3, 0.4) is 0 Å². The number of carbonyl (C=O) groups is 1. The third-order valence-corrected chi connectivity index (χ3v) is 5.00. The second-order valence-electron chi connectivity index (χ2n) is 5.98. The highest BCUT2D eigenvalue weighted by Crippen LogP contribution is 2.36. The van der Waals surface area contributed by atoms with Crippen molar-refractivity contribution < 1.29 is 4.79 Å². The number of hydrogen-bond acceptors (Lipinski definition) is 5. The summed E-state index contributed by atoms with van der Waals surface area (Å²) in [4.78, 5) is 25.3. The van der Waals surface area contributed by atoms with Crippen LogP contribution in [-0.4, -0.2) is 32.1 Å². The Balaban J connectivity index is 1.86. The second-order valence-corrected chi connectivity index (χ2v) is 6.98. The van der Waals surface area contributed by atoms with Gasteiger partial charge in [0, 0.05) is 30.2 Å². The van der Waals surface area contributed by atoms with Crippen LogP contribution in [-0.2, 0) is 0 Å². The molecule has 0 atom stereocenters. The van der Waals surface area contributed by atoms with Crippen LogP contribution in [0.25, 0.3) is 27.2 Å². The number of nitrogens with zero attached hydrogens (tertiary/aromatic N) is 4. The molecule has 8 heteroatoms. The van der Waals surface area contributed by atoms with Crippen molar-refractivity contribution in [1.29, 1.82) is 0 Å². The molecule has 4 rings (SSSR count). The third-order valence-electron chi connectivity index (χ3n) is 3.98. The zero-order chi connectivity index (χ0) is 18.8. The molecular formula is C19H18N6OS. The summed E-state index contributed by atoms with van der Waals surface area (Å²) >= 11 is 1.43. The number of rotatable bonds is 4. The van der Waals surface area contributed by atoms with Crippen molar-refractivity contribution in [3.8, 4) is 16.9 Å². The number of hydrogen-bond donors (Lipinski definition) is 2. The Morgan fingerprint density at radius 2 is 2.15 bits per heavy atom. The van der Waals surface area contributed by atoms with Crippen molar-refractivity contribution in [3.05, 3.63) is 54.7 Å². The number of benzene rings is 1. The quantitative estimate of drug-likeness (QED) is 0.562. The van der Waals surface area contributed by atoms with E-state index in [1.165, 1.54) is 11.3 Å². The molecule has 136 valence electrons. The summed E-state index contributed by atoms with van der Waals surface area (Å²) < 4.78 is 2.93. The molecule has 0 bridgehead atoms. The van der Waals surface area contributed by atoms with Gasteiger partial charge in [0.2, 0.25) is 0 Å². The van der Waals surface area contributed by atoms with Crippen LogP contribution in [0.2, 0.25) is 0 Å². The van der Waals surface area contributed by atoms with Gasteiger partial charge in [0.1, 0.15) is 0 Å². The number of carbonyl (C=O) groups excluding carboxylic acids is 1. The third kappa shape index (κ3) is 3.52. The SMILES string of the molecule is CCNC(=O)Nc1nc2cc(-n3cnc(C)c3)cc(-c3ccccn3)c2s1. The zero-order valence-electron chi connectivity index (χ0n) is 14.9. The van der Waals surface area contributed by atoms with E-state index in [4.69, 9.17) is 0 Å². The van der Waals surface area contributed by atoms with Gasteiger partial charge in [-0.3, -0.25) is 10.3 Å². The number of urea groups is 1. The molecule has 3 heterocycles. The van der Waals surface area contributed by atoms with Gasteiger partial charge in [0.05, 0.1) is 27.9 Å². The number of aryl methyl sites for hydroxylation is 1. The van der Waals surface area contributed by atoms with Crippen LogP contribution in [0, 0.1) is 6.92 Å². The fourth-order valence-corrected chi connectivity index (χ4v) is 3.76. The number of aromatic nitrogens is 4. The first-order valence-corrected chi connectivity index (χ1v) is 9.37. The lowest BCUT2D eigenvalue weighted by Gasteiger charge is -2.07. The minimum atomic E-state index is -0.263. The number of pyridine rings is 1. The summed E-state index contributed by atoms with van der Waals surface area (Å²) in [5.41, 5.74) is 4.51. The van der Waals surface area contributed by atoms with E-state index in [9.17, 15) is 4.79 Å². The number of anilines is 1. The van der Waals surface area contributed by atoms with Crippen molar-refractivity contribution in [3.63, 3.8) is 0 Å². The predicted molar refractivity (Wildman–Crippen MR) is 107 cm³/mol. The Labute approximate surface area is 160 Å². The number of fused-ring (bicyclic) bond motifs is 1. The van der Waals surface area contributed by atoms with Crippen LogP contribution < -0.4 is 10.6 Å². The number of nitrogens with one attached hydrogen (secondary N) is 2. The summed E-state index contributed by atoms with van der Waals surface area (Å²) in [6.07, 6.45) is 5.51. The summed E-state index contributed by atoms with van der Waals surface area (Å²) in [6.45, 7) is 4.38. The lowest BCUT2D eigenvalue weighted by molar-refractivity contribution is 0.252. The molecule has 0 radical (unpaired) electrons. The second kappa shape index (κ2) is 7.16. The van der Waals surface area contributed by atoms with Crippen molar-refractivity contribution in [2.24, 2.45) is 0 Å². The van der Waals surface area contributed by atoms with Gasteiger partial charge in [-0.05, 0) is 38.1 Å². The van der Waals surface area contributed by atoms with E-state index in [0.717, 1.165) is 32.9 Å². The molecule has 0 aliphatic carbocycles. The van der Waals surface area contributed by atoms with Crippen LogP contribution in [0.5, 0.6) is 0 Å². The largest absolute Gasteiger partial charge is 0.338 e. The van der Waals surface area contributed by atoms with Crippen LogP contribution >= 0.6 is 11.3 Å². The van der Waals surface area contributed by atoms with Gasteiger partial charge >= 0.3 is 6.03 Å². The van der Waals surface area contributed by atoms with Gasteiger partial charge in [-0.2, -0.15) is 0 Å². The standard InChI is InChI=1S/C19H18N6OS/c1-3-20-18(26)24-19-23-16-9-13(25-10-12(2)22-11-25)8-14(17(16)27-19)15-6-4-5-7-21-15/h4-11H,3H2,1-2H3,(H2,20,23,24,26). The molecule has 0 aliphatic rings. The number of amides is 2. The molecule has 0 aliphatic heterocycles. The van der Waals surface area contributed by atoms with Gasteiger partial charge in [0.25, 0.3) is 0 Å². The van der Waals surface area contributed by atoms with E-state index in [2.05, 4.69) is 31.7 Å². The summed E-state index contributed by atoms with van der Waals surface area (Å²) in [6, 6.07) is 9.60. The van der Waals surface area contributed by atoms with E-state index in [0.29, 0.717) is 11.7 Å². The average Bonchev–Trinajstić information content (AvgIpc) is 3.27. The highest BCUT2D eigenvalue weighted by atomic mass is 32.1. The van der Waals surface area contributed by atoms with E-state index >= 15 is 0 Å². The normalized spacial score (nSPS) is 10.9. The van der Waals surface area contributed by atoms with E-state index in [1.54, 1.807) is 12.5 Å². The van der Waals surface area contributed by atoms with E-state index in [-0.39, 0.29) is 6.03 Å². The Morgan fingerprint density at radius 3 is 2.85 bits per heavy atom. The van der Waals surface area contributed by atoms with Crippen molar-refractivity contribution >= 4 is 32.7 Å². The summed E-state index contributed by atoms with van der Waals surface area (Å²) in [5, 5.41) is 6.06. The van der Waals surface area contributed by atoms with Crippen LogP contribution in [0.4, 0.5) is 9.93 Å². The van der Waals surface area contributed by atoms with E-state index < -0.39 is 0 Å². The maximum absolute atomic E-state index is 11.9. The molecule has 1 aromatic carbocycles. The Hall–Kier alpha value is -3.26. The van der Waals surface area contributed by atoms with Crippen LogP contribution in [0.15, 0.2) is 49.1 Å². The molecular weight excluding hydrogens is 360 g/mol. The molecule has 0 unspecified atom stereocenters. The van der Waals surface area contributed by atoms with Crippen molar-refractivity contribution in [2.45, 2.75) is 13.8 Å². The monoisotopic (exact) mass is 378 g/mol. The summed E-state index contributed by atoms with van der Waals surface area (Å²) in [5.74, 6) is 0. The van der Waals surface area contributed by atoms with Gasteiger partial charge in [-0.25, -0.2) is 14.8 Å². The minimum Gasteiger partial charge on any atom is -0.338 e. The fourth-order valence-electron chi connectivity index (χ4n) is 2.80. The molecule has 0 fully saturated rings.